The third kappa shape index (κ3) is 2.72. The van der Waals surface area contributed by atoms with E-state index in [-0.39, 0.29) is 12.0 Å². The minimum Gasteiger partial charge on any atom is -0.396 e. The number of nitrogens with one attached hydrogen (secondary N) is 1. The van der Waals surface area contributed by atoms with Crippen molar-refractivity contribution >= 4 is 22.0 Å². The maximum Gasteiger partial charge on any atom is 0.328 e. The van der Waals surface area contributed by atoms with E-state index in [0.717, 1.165) is 6.20 Å². The normalized spacial score (nSPS) is 28.3. The number of aromatic nitrogens is 2. The topological polar surface area (TPSA) is 95.3 Å². The zero-order valence-corrected chi connectivity index (χ0v) is 12.3. The van der Waals surface area contributed by atoms with Crippen molar-refractivity contribution in [3.05, 3.63) is 37.6 Å². The van der Waals surface area contributed by atoms with Crippen LogP contribution in [0.4, 0.5) is 8.78 Å². The largest absolute Gasteiger partial charge is 0.396 e. The molecule has 1 aliphatic rings. The smallest absolute Gasteiger partial charge is 0.328 e. The number of nitrogens with zero attached hydrogens (tertiary/aromatic N) is 1. The molecule has 0 radical (unpaired) electrons. The number of aromatic amines is 1. The van der Waals surface area contributed by atoms with Gasteiger partial charge in [-0.05, 0) is 11.1 Å². The summed E-state index contributed by atoms with van der Waals surface area (Å²) >= 11 is 2.96. The van der Waals surface area contributed by atoms with E-state index in [0.29, 0.717) is 4.57 Å². The van der Waals surface area contributed by atoms with Crippen molar-refractivity contribution in [1.82, 2.24) is 9.55 Å². The molecular formula is C12H13BrF2N2O4. The Morgan fingerprint density at radius 2 is 2.19 bits per heavy atom. The van der Waals surface area contributed by atoms with E-state index in [1.807, 2.05) is 4.98 Å². The molecule has 1 saturated carbocycles. The van der Waals surface area contributed by atoms with Crippen molar-refractivity contribution in [1.29, 1.82) is 0 Å². The van der Waals surface area contributed by atoms with E-state index in [4.69, 9.17) is 5.11 Å². The van der Waals surface area contributed by atoms with E-state index in [2.05, 4.69) is 15.9 Å². The Bertz CT molecular complexity index is 670. The molecule has 0 aromatic carbocycles. The minimum atomic E-state index is -3.47. The highest BCUT2D eigenvalue weighted by molar-refractivity contribution is 9.11. The van der Waals surface area contributed by atoms with Gasteiger partial charge in [0.2, 0.25) is 0 Å². The van der Waals surface area contributed by atoms with E-state index in [1.165, 1.54) is 11.1 Å². The van der Waals surface area contributed by atoms with Gasteiger partial charge in [0.1, 0.15) is 6.04 Å². The van der Waals surface area contributed by atoms with Crippen molar-refractivity contribution in [3.63, 3.8) is 0 Å². The fraction of sp³-hybridized carbons (Fsp3) is 0.500. The number of alkyl halides is 2. The Balaban J connectivity index is 2.55. The summed E-state index contributed by atoms with van der Waals surface area (Å²) in [5.74, 6) is -5.11. The van der Waals surface area contributed by atoms with Crippen LogP contribution in [-0.2, 0) is 0 Å². The third-order valence-electron chi connectivity index (χ3n) is 3.64. The summed E-state index contributed by atoms with van der Waals surface area (Å²) in [5.41, 5.74) is -1.67. The van der Waals surface area contributed by atoms with Crippen LogP contribution in [0.1, 0.15) is 18.0 Å². The molecule has 0 spiro atoms. The van der Waals surface area contributed by atoms with E-state index in [9.17, 15) is 23.5 Å². The first-order valence-corrected chi connectivity index (χ1v) is 7.03. The second kappa shape index (κ2) is 5.82. The summed E-state index contributed by atoms with van der Waals surface area (Å²) in [4.78, 5) is 26.6. The first-order chi connectivity index (χ1) is 9.82. The molecule has 0 bridgehead atoms. The molecule has 3 N–H and O–H groups in total. The molecule has 0 saturated heterocycles. The number of aliphatic hydroxyl groups is 2. The number of hydrogen-bond donors (Lipinski definition) is 3. The highest BCUT2D eigenvalue weighted by atomic mass is 79.9. The highest BCUT2D eigenvalue weighted by Crippen LogP contribution is 2.47. The molecule has 6 nitrogen and oxygen atoms in total. The summed E-state index contributed by atoms with van der Waals surface area (Å²) in [7, 11) is 0. The van der Waals surface area contributed by atoms with Crippen molar-refractivity contribution in [2.75, 3.05) is 6.61 Å². The number of H-pyrrole nitrogens is 1. The number of hydrogen-bond acceptors (Lipinski definition) is 4. The Hall–Kier alpha value is -1.32. The fourth-order valence-electron chi connectivity index (χ4n) is 2.52. The lowest BCUT2D eigenvalue weighted by molar-refractivity contribution is -0.101. The van der Waals surface area contributed by atoms with E-state index in [1.54, 1.807) is 0 Å². The van der Waals surface area contributed by atoms with Crippen molar-refractivity contribution in [2.24, 2.45) is 5.92 Å². The molecule has 1 heterocycles. The molecule has 1 aliphatic carbocycles. The molecule has 3 unspecified atom stereocenters. The van der Waals surface area contributed by atoms with Crippen LogP contribution in [0.5, 0.6) is 0 Å². The van der Waals surface area contributed by atoms with Crippen molar-refractivity contribution in [2.45, 2.75) is 24.5 Å². The van der Waals surface area contributed by atoms with Crippen LogP contribution < -0.4 is 11.2 Å². The molecule has 116 valence electrons. The maximum atomic E-state index is 14.2. The van der Waals surface area contributed by atoms with Crippen molar-refractivity contribution in [3.8, 4) is 0 Å². The lowest BCUT2D eigenvalue weighted by atomic mass is 10.0. The molecule has 0 aliphatic heterocycles. The molecule has 1 aromatic rings. The Labute approximate surface area is 125 Å². The average Bonchev–Trinajstić information content (AvgIpc) is 2.62. The van der Waals surface area contributed by atoms with Crippen LogP contribution in [0.25, 0.3) is 6.08 Å². The summed E-state index contributed by atoms with van der Waals surface area (Å²) in [6.07, 6.45) is 0.511. The van der Waals surface area contributed by atoms with Gasteiger partial charge in [0.15, 0.2) is 0 Å². The van der Waals surface area contributed by atoms with Gasteiger partial charge in [0, 0.05) is 12.6 Å². The standard InChI is InChI=1S/C12H13BrF2N2O4/c13-2-1-6-4-17(11(21)16-10(6)20)9-3-8(19)7(5-18)12(9,14)15/h1-2,4,7-9,18-19H,3,5H2,(H,16,20,21). The summed E-state index contributed by atoms with van der Waals surface area (Å²) < 4.78 is 29.1. The van der Waals surface area contributed by atoms with Crippen LogP contribution in [0.3, 0.4) is 0 Å². The Morgan fingerprint density at radius 3 is 2.71 bits per heavy atom. The SMILES string of the molecule is O=c1[nH]c(=O)n(C2CC(O)C(CO)C2(F)F)cc1C=CBr. The molecule has 1 fully saturated rings. The second-order valence-corrected chi connectivity index (χ2v) is 5.35. The van der Waals surface area contributed by atoms with Gasteiger partial charge in [-0.3, -0.25) is 14.3 Å². The zero-order chi connectivity index (χ0) is 15.8. The summed E-state index contributed by atoms with van der Waals surface area (Å²) in [6.45, 7) is -0.892. The molecule has 3 atom stereocenters. The molecular weight excluding hydrogens is 354 g/mol. The van der Waals surface area contributed by atoms with Crippen LogP contribution >= 0.6 is 15.9 Å². The van der Waals surface area contributed by atoms with Crippen molar-refractivity contribution < 1.29 is 19.0 Å². The van der Waals surface area contributed by atoms with E-state index < -0.39 is 41.8 Å². The maximum absolute atomic E-state index is 14.2. The van der Waals surface area contributed by atoms with Crippen LogP contribution in [0.15, 0.2) is 20.8 Å². The third-order valence-corrected chi connectivity index (χ3v) is 3.90. The quantitative estimate of drug-likeness (QED) is 0.723. The van der Waals surface area contributed by atoms with E-state index >= 15 is 0 Å². The van der Waals surface area contributed by atoms with Gasteiger partial charge in [-0.2, -0.15) is 0 Å². The average molecular weight is 367 g/mol. The predicted molar refractivity (Wildman–Crippen MR) is 74.5 cm³/mol. The van der Waals surface area contributed by atoms with Gasteiger partial charge < -0.3 is 10.2 Å². The predicted octanol–water partition coefficient (Wildman–Crippen LogP) is 0.452. The molecule has 21 heavy (non-hydrogen) atoms. The monoisotopic (exact) mass is 366 g/mol. The van der Waals surface area contributed by atoms with Crippen LogP contribution in [-0.4, -0.2) is 38.4 Å². The number of aliphatic hydroxyl groups excluding tert-OH is 2. The first kappa shape index (κ1) is 16.1. The van der Waals surface area contributed by atoms with Gasteiger partial charge in [-0.25, -0.2) is 13.6 Å². The summed E-state index contributed by atoms with van der Waals surface area (Å²) in [5, 5.41) is 18.6. The zero-order valence-electron chi connectivity index (χ0n) is 10.7. The van der Waals surface area contributed by atoms with Gasteiger partial charge in [-0.15, -0.1) is 0 Å². The minimum absolute atomic E-state index is 0.0178. The summed E-state index contributed by atoms with van der Waals surface area (Å²) in [6, 6.07) is -1.63. The van der Waals surface area contributed by atoms with Gasteiger partial charge in [0.05, 0.1) is 24.2 Å². The van der Waals surface area contributed by atoms with Crippen LogP contribution in [0, 0.1) is 5.92 Å². The molecule has 1 aromatic heterocycles. The van der Waals surface area contributed by atoms with Gasteiger partial charge in [0.25, 0.3) is 11.5 Å². The lowest BCUT2D eigenvalue weighted by Gasteiger charge is -2.25. The lowest BCUT2D eigenvalue weighted by Crippen LogP contribution is -2.41. The first-order valence-electron chi connectivity index (χ1n) is 6.11. The van der Waals surface area contributed by atoms with Crippen LogP contribution in [0.2, 0.25) is 0 Å². The van der Waals surface area contributed by atoms with Gasteiger partial charge in [-0.1, -0.05) is 15.9 Å². The Kier molecular flexibility index (Phi) is 4.45. The highest BCUT2D eigenvalue weighted by Gasteiger charge is 2.57. The Morgan fingerprint density at radius 1 is 1.52 bits per heavy atom. The number of halogens is 3. The second-order valence-electron chi connectivity index (χ2n) is 4.83. The fourth-order valence-corrected chi connectivity index (χ4v) is 2.80. The molecule has 2 rings (SSSR count). The van der Waals surface area contributed by atoms with Gasteiger partial charge >= 0.3 is 5.69 Å². The molecule has 0 amide bonds. The molecule has 9 heteroatoms. The number of rotatable bonds is 3.